The van der Waals surface area contributed by atoms with E-state index >= 15 is 0 Å². The molecule has 1 aromatic rings. The topological polar surface area (TPSA) is 57.6 Å². The number of hydrogen-bond donors (Lipinski definition) is 1. The Morgan fingerprint density at radius 3 is 2.67 bits per heavy atom. The molecule has 1 saturated heterocycles. The van der Waals surface area contributed by atoms with Crippen molar-refractivity contribution in [2.75, 3.05) is 31.2 Å². The molecule has 1 heterocycles. The van der Waals surface area contributed by atoms with Gasteiger partial charge in [-0.1, -0.05) is 11.8 Å². The van der Waals surface area contributed by atoms with E-state index in [1.54, 1.807) is 11.8 Å². The summed E-state index contributed by atoms with van der Waals surface area (Å²) in [5.74, 6) is 6.04. The van der Waals surface area contributed by atoms with Crippen LogP contribution in [0.15, 0.2) is 23.1 Å². The van der Waals surface area contributed by atoms with E-state index in [1.165, 1.54) is 16.4 Å². The summed E-state index contributed by atoms with van der Waals surface area (Å²) in [4.78, 5) is -0.0420. The van der Waals surface area contributed by atoms with E-state index < -0.39 is 15.8 Å². The number of thioether (sulfide) groups is 1. The van der Waals surface area contributed by atoms with Crippen LogP contribution in [0.1, 0.15) is 12.0 Å². The van der Waals surface area contributed by atoms with Crippen LogP contribution in [-0.2, 0) is 10.0 Å². The molecule has 0 amide bonds. The fraction of sp³-hybridized carbons (Fsp3) is 0.429. The molecule has 0 aliphatic carbocycles. The average Bonchev–Trinajstić information content (AvgIpc) is 2.50. The zero-order valence-electron chi connectivity index (χ0n) is 11.4. The van der Waals surface area contributed by atoms with Crippen molar-refractivity contribution in [3.05, 3.63) is 29.6 Å². The van der Waals surface area contributed by atoms with Crippen molar-refractivity contribution in [2.45, 2.75) is 11.3 Å². The predicted octanol–water partition coefficient (Wildman–Crippen LogP) is 1.30. The van der Waals surface area contributed by atoms with Gasteiger partial charge < -0.3 is 5.11 Å². The average molecular weight is 329 g/mol. The Balaban J connectivity index is 2.25. The SMILES string of the molecule is O=S(=O)(c1ccc(C#CCCO)c(F)c1)N1CCSCC1. The summed E-state index contributed by atoms with van der Waals surface area (Å²) in [6, 6.07) is 3.76. The largest absolute Gasteiger partial charge is 0.395 e. The molecule has 1 aromatic carbocycles. The van der Waals surface area contributed by atoms with Crippen molar-refractivity contribution < 1.29 is 17.9 Å². The van der Waals surface area contributed by atoms with Crippen LogP contribution in [0.25, 0.3) is 0 Å². The second kappa shape index (κ2) is 7.27. The minimum absolute atomic E-state index is 0.0420. The molecule has 1 N–H and O–H groups in total. The quantitative estimate of drug-likeness (QED) is 0.849. The third kappa shape index (κ3) is 3.98. The first-order valence-corrected chi connectivity index (χ1v) is 9.12. The molecule has 4 nitrogen and oxygen atoms in total. The zero-order chi connectivity index (χ0) is 15.3. The van der Waals surface area contributed by atoms with Gasteiger partial charge in [-0.05, 0) is 18.2 Å². The molecule has 0 saturated carbocycles. The van der Waals surface area contributed by atoms with Crippen LogP contribution in [0, 0.1) is 17.7 Å². The first kappa shape index (κ1) is 16.3. The number of sulfonamides is 1. The molecule has 0 unspecified atom stereocenters. The molecule has 7 heteroatoms. The lowest BCUT2D eigenvalue weighted by molar-refractivity contribution is 0.305. The second-order valence-corrected chi connectivity index (χ2v) is 7.60. The molecule has 0 atom stereocenters. The molecule has 1 aliphatic heterocycles. The Kier molecular flexibility index (Phi) is 5.65. The lowest BCUT2D eigenvalue weighted by atomic mass is 10.2. The fourth-order valence-electron chi connectivity index (χ4n) is 1.91. The fourth-order valence-corrected chi connectivity index (χ4v) is 4.50. The van der Waals surface area contributed by atoms with Crippen LogP contribution < -0.4 is 0 Å². The van der Waals surface area contributed by atoms with Crippen LogP contribution in [0.5, 0.6) is 0 Å². The van der Waals surface area contributed by atoms with Gasteiger partial charge in [-0.15, -0.1) is 0 Å². The van der Waals surface area contributed by atoms with Gasteiger partial charge >= 0.3 is 0 Å². The third-order valence-corrected chi connectivity index (χ3v) is 5.85. The lowest BCUT2D eigenvalue weighted by Crippen LogP contribution is -2.37. The Morgan fingerprint density at radius 1 is 1.33 bits per heavy atom. The maximum Gasteiger partial charge on any atom is 0.243 e. The first-order chi connectivity index (χ1) is 10.1. The van der Waals surface area contributed by atoms with Gasteiger partial charge in [-0.25, -0.2) is 12.8 Å². The molecule has 21 heavy (non-hydrogen) atoms. The number of aliphatic hydroxyl groups excluding tert-OH is 1. The summed E-state index contributed by atoms with van der Waals surface area (Å²) < 4.78 is 40.1. The first-order valence-electron chi connectivity index (χ1n) is 6.53. The Labute approximate surface area is 128 Å². The van der Waals surface area contributed by atoms with E-state index in [4.69, 9.17) is 5.11 Å². The molecule has 0 radical (unpaired) electrons. The molecular formula is C14H16FNO3S2. The molecule has 0 spiro atoms. The van der Waals surface area contributed by atoms with E-state index in [1.807, 2.05) is 0 Å². The number of halogens is 1. The summed E-state index contributed by atoms with van der Waals surface area (Å²) in [7, 11) is -3.63. The number of nitrogens with zero attached hydrogens (tertiary/aromatic N) is 1. The Hall–Kier alpha value is -1.07. The summed E-state index contributed by atoms with van der Waals surface area (Å²) in [6.07, 6.45) is 0.255. The normalized spacial score (nSPS) is 16.3. The maximum absolute atomic E-state index is 13.9. The lowest BCUT2D eigenvalue weighted by Gasteiger charge is -2.25. The summed E-state index contributed by atoms with van der Waals surface area (Å²) >= 11 is 1.71. The van der Waals surface area contributed by atoms with E-state index in [9.17, 15) is 12.8 Å². The number of rotatable bonds is 3. The predicted molar refractivity (Wildman–Crippen MR) is 81.1 cm³/mol. The third-order valence-electron chi connectivity index (χ3n) is 3.01. The minimum Gasteiger partial charge on any atom is -0.395 e. The highest BCUT2D eigenvalue weighted by molar-refractivity contribution is 7.99. The van der Waals surface area contributed by atoms with Crippen LogP contribution in [0.4, 0.5) is 4.39 Å². The zero-order valence-corrected chi connectivity index (χ0v) is 13.0. The van der Waals surface area contributed by atoms with Gasteiger partial charge in [-0.2, -0.15) is 16.1 Å². The van der Waals surface area contributed by atoms with Crippen LogP contribution in [0.3, 0.4) is 0 Å². The summed E-state index contributed by atoms with van der Waals surface area (Å²) in [6.45, 7) is 0.813. The van der Waals surface area contributed by atoms with Crippen molar-refractivity contribution in [2.24, 2.45) is 0 Å². The number of hydrogen-bond acceptors (Lipinski definition) is 4. The molecule has 0 aromatic heterocycles. The maximum atomic E-state index is 13.9. The summed E-state index contributed by atoms with van der Waals surface area (Å²) in [5.41, 5.74) is 0.136. The molecule has 1 fully saturated rings. The van der Waals surface area contributed by atoms with Crippen molar-refractivity contribution in [1.29, 1.82) is 0 Å². The molecule has 0 bridgehead atoms. The van der Waals surface area contributed by atoms with Gasteiger partial charge in [0.15, 0.2) is 0 Å². The molecule has 1 aliphatic rings. The number of aliphatic hydroxyl groups is 1. The Morgan fingerprint density at radius 2 is 2.05 bits per heavy atom. The Bertz CT molecular complexity index is 659. The van der Waals surface area contributed by atoms with Gasteiger partial charge in [0.25, 0.3) is 0 Å². The van der Waals surface area contributed by atoms with E-state index in [2.05, 4.69) is 11.8 Å². The van der Waals surface area contributed by atoms with Gasteiger partial charge in [0.1, 0.15) is 5.82 Å². The van der Waals surface area contributed by atoms with Gasteiger partial charge in [-0.3, -0.25) is 0 Å². The van der Waals surface area contributed by atoms with Crippen LogP contribution in [0.2, 0.25) is 0 Å². The van der Waals surface area contributed by atoms with Crippen molar-refractivity contribution >= 4 is 21.8 Å². The van der Waals surface area contributed by atoms with E-state index in [-0.39, 0.29) is 23.5 Å². The monoisotopic (exact) mass is 329 g/mol. The second-order valence-electron chi connectivity index (χ2n) is 4.43. The standard InChI is InChI=1S/C14H16FNO3S2/c15-14-11-13(5-4-12(14)3-1-2-8-17)21(18,19)16-6-9-20-10-7-16/h4-5,11,17H,2,6-10H2. The number of benzene rings is 1. The van der Waals surface area contributed by atoms with Crippen molar-refractivity contribution in [3.8, 4) is 11.8 Å². The highest BCUT2D eigenvalue weighted by Gasteiger charge is 2.26. The van der Waals surface area contributed by atoms with Gasteiger partial charge in [0.05, 0.1) is 17.1 Å². The molecular weight excluding hydrogens is 313 g/mol. The van der Waals surface area contributed by atoms with Gasteiger partial charge in [0.2, 0.25) is 10.0 Å². The van der Waals surface area contributed by atoms with Gasteiger partial charge in [0, 0.05) is 31.0 Å². The smallest absolute Gasteiger partial charge is 0.243 e. The minimum atomic E-state index is -3.63. The highest BCUT2D eigenvalue weighted by Crippen LogP contribution is 2.21. The molecule has 114 valence electrons. The van der Waals surface area contributed by atoms with Crippen molar-refractivity contribution in [3.63, 3.8) is 0 Å². The molecule has 2 rings (SSSR count). The van der Waals surface area contributed by atoms with E-state index in [0.29, 0.717) is 13.1 Å². The van der Waals surface area contributed by atoms with E-state index in [0.717, 1.165) is 17.6 Å². The van der Waals surface area contributed by atoms with Crippen LogP contribution in [-0.4, -0.2) is 49.0 Å². The van der Waals surface area contributed by atoms with Crippen molar-refractivity contribution in [1.82, 2.24) is 4.31 Å². The highest BCUT2D eigenvalue weighted by atomic mass is 32.2. The van der Waals surface area contributed by atoms with Crippen LogP contribution >= 0.6 is 11.8 Å². The summed E-state index contributed by atoms with van der Waals surface area (Å²) in [5, 5.41) is 8.63.